The molecule has 4 heteroatoms. The summed E-state index contributed by atoms with van der Waals surface area (Å²) in [5, 5.41) is 21.7. The molecule has 0 spiro atoms. The van der Waals surface area contributed by atoms with Crippen molar-refractivity contribution in [3.8, 4) is 12.1 Å². The molecule has 0 saturated heterocycles. The van der Waals surface area contributed by atoms with Crippen molar-refractivity contribution in [3.63, 3.8) is 0 Å². The smallest absolute Gasteiger partial charge is 0.133 e. The number of allylic oxidation sites excluding steroid dienone is 4. The van der Waals surface area contributed by atoms with Gasteiger partial charge in [0.25, 0.3) is 0 Å². The van der Waals surface area contributed by atoms with Gasteiger partial charge in [-0.05, 0) is 42.7 Å². The van der Waals surface area contributed by atoms with Crippen LogP contribution in [0.4, 0.5) is 0 Å². The topological polar surface area (TPSA) is 68.8 Å². The van der Waals surface area contributed by atoms with Gasteiger partial charge in [-0.25, -0.2) is 0 Å². The number of hydrogen-bond acceptors (Lipinski definition) is 4. The van der Waals surface area contributed by atoms with Gasteiger partial charge in [-0.2, -0.15) is 10.5 Å². The molecule has 0 aromatic carbocycles. The van der Waals surface area contributed by atoms with Gasteiger partial charge in [0.05, 0.1) is 6.61 Å². The largest absolute Gasteiger partial charge is 0.386 e. The van der Waals surface area contributed by atoms with E-state index in [1.54, 1.807) is 0 Å². The minimum absolute atomic E-state index is 0.0560. The molecule has 1 aliphatic rings. The Kier molecular flexibility index (Phi) is 6.46. The molecule has 0 aromatic rings. The van der Waals surface area contributed by atoms with Crippen LogP contribution in [-0.4, -0.2) is 19.8 Å². The molecule has 0 radical (unpaired) electrons. The normalized spacial score (nSPS) is 17.1. The Labute approximate surface area is 128 Å². The molecular formula is C17H25N3O. The van der Waals surface area contributed by atoms with E-state index in [0.717, 1.165) is 49.3 Å². The Morgan fingerprint density at radius 3 is 2.48 bits per heavy atom. The molecule has 0 atom stereocenters. The molecule has 1 aliphatic carbocycles. The van der Waals surface area contributed by atoms with Crippen molar-refractivity contribution in [3.05, 3.63) is 22.4 Å². The molecule has 0 unspecified atom stereocenters. The van der Waals surface area contributed by atoms with E-state index in [2.05, 4.69) is 26.1 Å². The number of ether oxygens (including phenoxy) is 1. The molecule has 21 heavy (non-hydrogen) atoms. The second kappa shape index (κ2) is 7.86. The van der Waals surface area contributed by atoms with Gasteiger partial charge in [-0.15, -0.1) is 0 Å². The molecule has 1 N–H and O–H groups in total. The van der Waals surface area contributed by atoms with E-state index < -0.39 is 0 Å². The average molecular weight is 287 g/mol. The van der Waals surface area contributed by atoms with Crippen molar-refractivity contribution in [2.45, 2.75) is 47.0 Å². The fourth-order valence-electron chi connectivity index (χ4n) is 2.62. The molecule has 0 fully saturated rings. The van der Waals surface area contributed by atoms with Crippen LogP contribution >= 0.6 is 0 Å². The van der Waals surface area contributed by atoms with Crippen LogP contribution in [0.25, 0.3) is 0 Å². The lowest BCUT2D eigenvalue weighted by atomic mass is 9.73. The molecule has 1 rings (SSSR count). The van der Waals surface area contributed by atoms with Gasteiger partial charge in [0.2, 0.25) is 0 Å². The lowest BCUT2D eigenvalue weighted by Crippen LogP contribution is -2.29. The summed E-state index contributed by atoms with van der Waals surface area (Å²) >= 11 is 0. The van der Waals surface area contributed by atoms with E-state index in [-0.39, 0.29) is 11.0 Å². The molecular weight excluding hydrogens is 262 g/mol. The van der Waals surface area contributed by atoms with Crippen LogP contribution < -0.4 is 5.32 Å². The predicted octanol–water partition coefficient (Wildman–Crippen LogP) is 3.44. The highest BCUT2D eigenvalue weighted by Gasteiger charge is 2.30. The van der Waals surface area contributed by atoms with Gasteiger partial charge in [0.15, 0.2) is 0 Å². The summed E-state index contributed by atoms with van der Waals surface area (Å²) in [7, 11) is 0. The zero-order chi connectivity index (χ0) is 15.9. The van der Waals surface area contributed by atoms with E-state index in [9.17, 15) is 0 Å². The minimum atomic E-state index is 0.0560. The van der Waals surface area contributed by atoms with E-state index in [4.69, 9.17) is 15.3 Å². The summed E-state index contributed by atoms with van der Waals surface area (Å²) in [6.07, 6.45) is 2.72. The van der Waals surface area contributed by atoms with Crippen molar-refractivity contribution in [2.24, 2.45) is 5.41 Å². The maximum Gasteiger partial charge on any atom is 0.133 e. The van der Waals surface area contributed by atoms with Crippen LogP contribution in [0.15, 0.2) is 22.4 Å². The quantitative estimate of drug-likeness (QED) is 0.600. The summed E-state index contributed by atoms with van der Waals surface area (Å²) in [6.45, 7) is 10.6. The molecule has 0 aliphatic heterocycles. The Hall–Kier alpha value is -1.78. The standard InChI is InChI=1S/C17H25N3O/c1-5-7-21-8-6-20-16-10-17(3,4)9-15(13(16)2)14(11-18)12-19/h20H,5-10H2,1-4H3. The summed E-state index contributed by atoms with van der Waals surface area (Å²) in [4.78, 5) is 0. The van der Waals surface area contributed by atoms with Gasteiger partial charge in [0.1, 0.15) is 17.7 Å². The summed E-state index contributed by atoms with van der Waals surface area (Å²) in [5.41, 5.74) is 3.35. The zero-order valence-corrected chi connectivity index (χ0v) is 13.5. The van der Waals surface area contributed by atoms with Crippen molar-refractivity contribution in [1.29, 1.82) is 10.5 Å². The lowest BCUT2D eigenvalue weighted by molar-refractivity contribution is 0.137. The highest BCUT2D eigenvalue weighted by Crippen LogP contribution is 2.41. The highest BCUT2D eigenvalue weighted by molar-refractivity contribution is 5.51. The Bertz CT molecular complexity index is 499. The Balaban J connectivity index is 2.90. The van der Waals surface area contributed by atoms with Crippen LogP contribution in [0.2, 0.25) is 0 Å². The number of nitrogens with zero attached hydrogens (tertiary/aromatic N) is 2. The zero-order valence-electron chi connectivity index (χ0n) is 13.5. The van der Waals surface area contributed by atoms with E-state index in [0.29, 0.717) is 6.61 Å². The maximum absolute atomic E-state index is 9.13. The van der Waals surface area contributed by atoms with Gasteiger partial charge in [0, 0.05) is 18.8 Å². The number of nitrogens with one attached hydrogen (secondary N) is 1. The van der Waals surface area contributed by atoms with Crippen LogP contribution in [0.1, 0.15) is 47.0 Å². The number of hydrogen-bond donors (Lipinski definition) is 1. The van der Waals surface area contributed by atoms with Crippen LogP contribution in [0.5, 0.6) is 0 Å². The Morgan fingerprint density at radius 1 is 1.24 bits per heavy atom. The summed E-state index contributed by atoms with van der Waals surface area (Å²) in [5.74, 6) is 0. The first-order valence-corrected chi connectivity index (χ1v) is 7.50. The molecule has 0 amide bonds. The van der Waals surface area contributed by atoms with Gasteiger partial charge < -0.3 is 10.1 Å². The third-order valence-electron chi connectivity index (χ3n) is 3.67. The fraction of sp³-hybridized carbons (Fsp3) is 0.647. The first-order valence-electron chi connectivity index (χ1n) is 7.50. The average Bonchev–Trinajstić information content (AvgIpc) is 2.44. The first kappa shape index (κ1) is 17.3. The van der Waals surface area contributed by atoms with E-state index in [1.165, 1.54) is 0 Å². The SMILES string of the molecule is CCCOCCNC1=C(C)C(=C(C#N)C#N)CC(C)(C)C1. The second-order valence-electron chi connectivity index (χ2n) is 6.24. The highest BCUT2D eigenvalue weighted by atomic mass is 16.5. The van der Waals surface area contributed by atoms with Gasteiger partial charge in [-0.1, -0.05) is 20.8 Å². The van der Waals surface area contributed by atoms with Crippen molar-refractivity contribution >= 4 is 0 Å². The molecule has 114 valence electrons. The maximum atomic E-state index is 9.13. The molecule has 0 heterocycles. The van der Waals surface area contributed by atoms with Gasteiger partial charge >= 0.3 is 0 Å². The van der Waals surface area contributed by atoms with Crippen molar-refractivity contribution in [2.75, 3.05) is 19.8 Å². The lowest BCUT2D eigenvalue weighted by Gasteiger charge is -2.34. The summed E-state index contributed by atoms with van der Waals surface area (Å²) in [6, 6.07) is 4.05. The number of rotatable bonds is 6. The van der Waals surface area contributed by atoms with E-state index >= 15 is 0 Å². The summed E-state index contributed by atoms with van der Waals surface area (Å²) < 4.78 is 5.48. The molecule has 4 nitrogen and oxygen atoms in total. The van der Waals surface area contributed by atoms with Crippen LogP contribution in [0.3, 0.4) is 0 Å². The van der Waals surface area contributed by atoms with Gasteiger partial charge in [-0.3, -0.25) is 0 Å². The minimum Gasteiger partial charge on any atom is -0.386 e. The van der Waals surface area contributed by atoms with E-state index in [1.807, 2.05) is 19.1 Å². The van der Waals surface area contributed by atoms with Crippen molar-refractivity contribution in [1.82, 2.24) is 5.32 Å². The first-order chi connectivity index (χ1) is 9.95. The Morgan fingerprint density at radius 2 is 1.90 bits per heavy atom. The van der Waals surface area contributed by atoms with Crippen molar-refractivity contribution < 1.29 is 4.74 Å². The molecule has 0 saturated carbocycles. The monoisotopic (exact) mass is 287 g/mol. The number of nitriles is 2. The third-order valence-corrected chi connectivity index (χ3v) is 3.67. The molecule has 0 aromatic heterocycles. The second-order valence-corrected chi connectivity index (χ2v) is 6.24. The predicted molar refractivity (Wildman–Crippen MR) is 83.1 cm³/mol. The fourth-order valence-corrected chi connectivity index (χ4v) is 2.62. The third kappa shape index (κ3) is 4.92. The van der Waals surface area contributed by atoms with Crippen LogP contribution in [-0.2, 0) is 4.74 Å². The molecule has 0 bridgehead atoms. The van der Waals surface area contributed by atoms with Crippen LogP contribution in [0, 0.1) is 28.1 Å².